The maximum Gasteiger partial charge on any atom is 0.230 e. The summed E-state index contributed by atoms with van der Waals surface area (Å²) in [6.45, 7) is 2.95. The van der Waals surface area contributed by atoms with E-state index in [1.807, 2.05) is 29.2 Å². The molecular weight excluding hydrogens is 294 g/mol. The van der Waals surface area contributed by atoms with Gasteiger partial charge in [-0.2, -0.15) is 4.98 Å². The molecule has 0 spiro atoms. The normalized spacial score (nSPS) is 23.4. The SMILES string of the molecule is Cc1nc([C@@H]2CCCN2C(=O)[C@@H]2COc3ccccc3C2)no1. The largest absolute Gasteiger partial charge is 0.492 e. The van der Waals surface area contributed by atoms with E-state index in [0.717, 1.165) is 37.1 Å². The number of fused-ring (bicyclic) bond motifs is 1. The molecule has 4 rings (SSSR count). The number of aryl methyl sites for hydroxylation is 1. The van der Waals surface area contributed by atoms with Gasteiger partial charge in [-0.15, -0.1) is 0 Å². The van der Waals surface area contributed by atoms with Gasteiger partial charge < -0.3 is 14.2 Å². The molecule has 0 bridgehead atoms. The fraction of sp³-hybridized carbons (Fsp3) is 0.471. The van der Waals surface area contributed by atoms with E-state index in [1.54, 1.807) is 6.92 Å². The number of hydrogen-bond donors (Lipinski definition) is 0. The fourth-order valence-corrected chi connectivity index (χ4v) is 3.47. The number of amides is 1. The monoisotopic (exact) mass is 313 g/mol. The Morgan fingerprint density at radius 3 is 3.04 bits per heavy atom. The lowest BCUT2D eigenvalue weighted by atomic mass is 9.95. The van der Waals surface area contributed by atoms with Crippen LogP contribution in [0.2, 0.25) is 0 Å². The van der Waals surface area contributed by atoms with Gasteiger partial charge in [-0.05, 0) is 30.9 Å². The van der Waals surface area contributed by atoms with Crippen LogP contribution in [-0.2, 0) is 11.2 Å². The molecular formula is C17H19N3O3. The van der Waals surface area contributed by atoms with Crippen LogP contribution >= 0.6 is 0 Å². The number of aromatic nitrogens is 2. The first-order valence-electron chi connectivity index (χ1n) is 8.04. The predicted molar refractivity (Wildman–Crippen MR) is 81.9 cm³/mol. The summed E-state index contributed by atoms with van der Waals surface area (Å²) in [4.78, 5) is 19.2. The Bertz CT molecular complexity index is 727. The van der Waals surface area contributed by atoms with Crippen LogP contribution in [0.25, 0.3) is 0 Å². The number of rotatable bonds is 2. The minimum absolute atomic E-state index is 0.0721. The average Bonchev–Trinajstić information content (AvgIpc) is 3.22. The summed E-state index contributed by atoms with van der Waals surface area (Å²) >= 11 is 0. The first kappa shape index (κ1) is 14.2. The molecule has 120 valence electrons. The van der Waals surface area contributed by atoms with Crippen LogP contribution in [-0.4, -0.2) is 34.1 Å². The van der Waals surface area contributed by atoms with E-state index in [1.165, 1.54) is 0 Å². The number of carbonyl (C=O) groups is 1. The van der Waals surface area contributed by atoms with Gasteiger partial charge in [0.1, 0.15) is 12.4 Å². The number of carbonyl (C=O) groups excluding carboxylic acids is 1. The predicted octanol–water partition coefficient (Wildman–Crippen LogP) is 2.29. The lowest BCUT2D eigenvalue weighted by Gasteiger charge is -2.30. The van der Waals surface area contributed by atoms with Crippen LogP contribution in [0.5, 0.6) is 5.75 Å². The molecule has 6 heteroatoms. The molecule has 1 aromatic carbocycles. The molecule has 1 saturated heterocycles. The molecule has 1 fully saturated rings. The zero-order valence-electron chi connectivity index (χ0n) is 13.1. The zero-order chi connectivity index (χ0) is 15.8. The second-order valence-electron chi connectivity index (χ2n) is 6.18. The summed E-state index contributed by atoms with van der Waals surface area (Å²) in [6, 6.07) is 7.85. The number of para-hydroxylation sites is 1. The first-order valence-corrected chi connectivity index (χ1v) is 8.04. The summed E-state index contributed by atoms with van der Waals surface area (Å²) in [6.07, 6.45) is 2.58. The molecule has 2 aliphatic rings. The molecule has 0 aliphatic carbocycles. The zero-order valence-corrected chi connectivity index (χ0v) is 13.1. The lowest BCUT2D eigenvalue weighted by Crippen LogP contribution is -2.40. The van der Waals surface area contributed by atoms with Gasteiger partial charge in [0.25, 0.3) is 0 Å². The van der Waals surface area contributed by atoms with E-state index >= 15 is 0 Å². The highest BCUT2D eigenvalue weighted by Crippen LogP contribution is 2.34. The van der Waals surface area contributed by atoms with Crippen LogP contribution in [0.3, 0.4) is 0 Å². The summed E-state index contributed by atoms with van der Waals surface area (Å²) in [5.74, 6) is 2.03. The van der Waals surface area contributed by atoms with Gasteiger partial charge in [0.15, 0.2) is 5.82 Å². The van der Waals surface area contributed by atoms with Gasteiger partial charge in [0, 0.05) is 13.5 Å². The Morgan fingerprint density at radius 1 is 1.35 bits per heavy atom. The standard InChI is InChI=1S/C17H19N3O3/c1-11-18-16(19-23-11)14-6-4-8-20(14)17(21)13-9-12-5-2-3-7-15(12)22-10-13/h2-3,5,7,13-14H,4,6,8-10H2,1H3/t13-,14-/m0/s1. The van der Waals surface area contributed by atoms with Crippen LogP contribution in [0.15, 0.2) is 28.8 Å². The van der Waals surface area contributed by atoms with Crippen LogP contribution < -0.4 is 4.74 Å². The van der Waals surface area contributed by atoms with E-state index < -0.39 is 0 Å². The van der Waals surface area contributed by atoms with Crippen molar-refractivity contribution in [3.8, 4) is 5.75 Å². The minimum atomic E-state index is -0.140. The third-order valence-corrected chi connectivity index (χ3v) is 4.61. The molecule has 2 aromatic rings. The molecule has 2 atom stereocenters. The van der Waals surface area contributed by atoms with Crippen molar-refractivity contribution >= 4 is 5.91 Å². The average molecular weight is 313 g/mol. The van der Waals surface area contributed by atoms with E-state index in [4.69, 9.17) is 9.26 Å². The number of benzene rings is 1. The Balaban J connectivity index is 1.52. The van der Waals surface area contributed by atoms with Gasteiger partial charge in [-0.3, -0.25) is 4.79 Å². The topological polar surface area (TPSA) is 68.5 Å². The lowest BCUT2D eigenvalue weighted by molar-refractivity contribution is -0.138. The van der Waals surface area contributed by atoms with Gasteiger partial charge in [0.2, 0.25) is 11.8 Å². The van der Waals surface area contributed by atoms with E-state index in [-0.39, 0.29) is 17.9 Å². The van der Waals surface area contributed by atoms with E-state index in [2.05, 4.69) is 10.1 Å². The van der Waals surface area contributed by atoms with E-state index in [9.17, 15) is 4.79 Å². The van der Waals surface area contributed by atoms with Crippen molar-refractivity contribution in [2.45, 2.75) is 32.2 Å². The number of likely N-dealkylation sites (tertiary alicyclic amines) is 1. The Morgan fingerprint density at radius 2 is 2.22 bits per heavy atom. The summed E-state index contributed by atoms with van der Waals surface area (Å²) < 4.78 is 10.8. The molecule has 2 aliphatic heterocycles. The summed E-state index contributed by atoms with van der Waals surface area (Å²) in [5.41, 5.74) is 1.10. The van der Waals surface area contributed by atoms with Crippen molar-refractivity contribution < 1.29 is 14.1 Å². The highest BCUT2D eigenvalue weighted by molar-refractivity contribution is 5.80. The van der Waals surface area contributed by atoms with Gasteiger partial charge in [0.05, 0.1) is 12.0 Å². The van der Waals surface area contributed by atoms with Crippen LogP contribution in [0.1, 0.15) is 36.2 Å². The second kappa shape index (κ2) is 5.68. The number of hydrogen-bond acceptors (Lipinski definition) is 5. The van der Waals surface area contributed by atoms with Gasteiger partial charge in [-0.25, -0.2) is 0 Å². The van der Waals surface area contributed by atoms with Crippen molar-refractivity contribution in [2.24, 2.45) is 5.92 Å². The maximum atomic E-state index is 13.0. The van der Waals surface area contributed by atoms with Gasteiger partial charge >= 0.3 is 0 Å². The minimum Gasteiger partial charge on any atom is -0.492 e. The highest BCUT2D eigenvalue weighted by Gasteiger charge is 2.37. The molecule has 6 nitrogen and oxygen atoms in total. The van der Waals surface area contributed by atoms with Crippen molar-refractivity contribution in [3.05, 3.63) is 41.5 Å². The maximum absolute atomic E-state index is 13.0. The Hall–Kier alpha value is -2.37. The van der Waals surface area contributed by atoms with Gasteiger partial charge in [-0.1, -0.05) is 23.4 Å². The quantitative estimate of drug-likeness (QED) is 0.851. The molecule has 1 amide bonds. The summed E-state index contributed by atoms with van der Waals surface area (Å²) in [5, 5.41) is 4.00. The number of nitrogens with zero attached hydrogens (tertiary/aromatic N) is 3. The van der Waals surface area contributed by atoms with Crippen molar-refractivity contribution in [1.82, 2.24) is 15.0 Å². The Kier molecular flexibility index (Phi) is 3.52. The molecule has 0 radical (unpaired) electrons. The Labute approximate surface area is 134 Å². The first-order chi connectivity index (χ1) is 11.2. The molecule has 0 N–H and O–H groups in total. The smallest absolute Gasteiger partial charge is 0.230 e. The molecule has 1 aromatic heterocycles. The second-order valence-corrected chi connectivity index (χ2v) is 6.18. The van der Waals surface area contributed by atoms with Crippen LogP contribution in [0, 0.1) is 12.8 Å². The van der Waals surface area contributed by atoms with Crippen molar-refractivity contribution in [1.29, 1.82) is 0 Å². The van der Waals surface area contributed by atoms with Crippen LogP contribution in [0.4, 0.5) is 0 Å². The van der Waals surface area contributed by atoms with Crippen molar-refractivity contribution in [2.75, 3.05) is 13.2 Å². The molecule has 0 unspecified atom stereocenters. The highest BCUT2D eigenvalue weighted by atomic mass is 16.5. The molecule has 23 heavy (non-hydrogen) atoms. The third kappa shape index (κ3) is 2.58. The van der Waals surface area contributed by atoms with E-state index in [0.29, 0.717) is 18.3 Å². The fourth-order valence-electron chi connectivity index (χ4n) is 3.47. The molecule has 3 heterocycles. The summed E-state index contributed by atoms with van der Waals surface area (Å²) in [7, 11) is 0. The third-order valence-electron chi connectivity index (χ3n) is 4.61. The number of ether oxygens (including phenoxy) is 1. The molecule has 0 saturated carbocycles. The van der Waals surface area contributed by atoms with Crippen molar-refractivity contribution in [3.63, 3.8) is 0 Å².